The monoisotopic (exact) mass is 391 g/mol. The largest absolute Gasteiger partial charge is 0.335 e. The molecule has 0 atom stereocenters. The Hall–Kier alpha value is -1.60. The fourth-order valence-corrected chi connectivity index (χ4v) is 6.49. The van der Waals surface area contributed by atoms with Gasteiger partial charge in [-0.05, 0) is 56.1 Å². The normalized spacial score (nSPS) is 24.4. The summed E-state index contributed by atoms with van der Waals surface area (Å²) in [6.07, 6.45) is 6.18. The van der Waals surface area contributed by atoms with E-state index in [-0.39, 0.29) is 23.9 Å². The van der Waals surface area contributed by atoms with Crippen molar-refractivity contribution in [3.63, 3.8) is 0 Å². The Morgan fingerprint density at radius 1 is 0.963 bits per heavy atom. The second-order valence-electron chi connectivity index (χ2n) is 7.99. The van der Waals surface area contributed by atoms with Gasteiger partial charge in [0, 0.05) is 31.7 Å². The lowest BCUT2D eigenvalue weighted by Gasteiger charge is -2.36. The number of urea groups is 1. The SMILES string of the molecule is O=C(NC1CCc2ccccc2CC1)N1CCC(N2CCCS2(=O)=O)CC1. The topological polar surface area (TPSA) is 69.7 Å². The molecule has 0 saturated carbocycles. The highest BCUT2D eigenvalue weighted by molar-refractivity contribution is 7.89. The predicted molar refractivity (Wildman–Crippen MR) is 105 cm³/mol. The van der Waals surface area contributed by atoms with E-state index in [0.29, 0.717) is 19.6 Å². The number of benzene rings is 1. The van der Waals surface area contributed by atoms with Gasteiger partial charge in [-0.25, -0.2) is 13.2 Å². The zero-order valence-electron chi connectivity index (χ0n) is 15.8. The van der Waals surface area contributed by atoms with E-state index in [2.05, 4.69) is 29.6 Å². The van der Waals surface area contributed by atoms with Crippen molar-refractivity contribution in [2.75, 3.05) is 25.4 Å². The van der Waals surface area contributed by atoms with Crippen molar-refractivity contribution in [1.82, 2.24) is 14.5 Å². The lowest BCUT2D eigenvalue weighted by molar-refractivity contribution is 0.157. The van der Waals surface area contributed by atoms with Gasteiger partial charge in [-0.15, -0.1) is 0 Å². The summed E-state index contributed by atoms with van der Waals surface area (Å²) in [5.74, 6) is 0.276. The third kappa shape index (κ3) is 4.14. The summed E-state index contributed by atoms with van der Waals surface area (Å²) in [6, 6.07) is 8.84. The second-order valence-corrected chi connectivity index (χ2v) is 10.0. The van der Waals surface area contributed by atoms with E-state index in [9.17, 15) is 13.2 Å². The fourth-order valence-electron chi connectivity index (χ4n) is 4.69. The van der Waals surface area contributed by atoms with Gasteiger partial charge in [-0.3, -0.25) is 0 Å². The first-order chi connectivity index (χ1) is 13.0. The van der Waals surface area contributed by atoms with Gasteiger partial charge < -0.3 is 10.2 Å². The Labute approximate surface area is 162 Å². The van der Waals surface area contributed by atoms with Crippen molar-refractivity contribution >= 4 is 16.1 Å². The molecule has 0 spiro atoms. The Kier molecular flexibility index (Phi) is 5.41. The molecular weight excluding hydrogens is 362 g/mol. The number of nitrogens with zero attached hydrogens (tertiary/aromatic N) is 2. The summed E-state index contributed by atoms with van der Waals surface area (Å²) in [5, 5.41) is 3.22. The molecular formula is C20H29N3O3S. The lowest BCUT2D eigenvalue weighted by atomic mass is 10.0. The highest BCUT2D eigenvalue weighted by Crippen LogP contribution is 2.25. The zero-order chi connectivity index (χ0) is 18.9. The zero-order valence-corrected chi connectivity index (χ0v) is 16.6. The Morgan fingerprint density at radius 3 is 2.15 bits per heavy atom. The maximum absolute atomic E-state index is 12.7. The lowest BCUT2D eigenvalue weighted by Crippen LogP contribution is -2.51. The molecule has 2 amide bonds. The first kappa shape index (κ1) is 18.7. The number of hydrogen-bond donors (Lipinski definition) is 1. The van der Waals surface area contributed by atoms with Gasteiger partial charge in [0.1, 0.15) is 0 Å². The number of rotatable bonds is 2. The van der Waals surface area contributed by atoms with Crippen molar-refractivity contribution in [3.8, 4) is 0 Å². The van der Waals surface area contributed by atoms with Crippen LogP contribution in [0.4, 0.5) is 4.79 Å². The maximum Gasteiger partial charge on any atom is 0.317 e. The molecule has 1 aromatic rings. The number of piperidine rings is 1. The van der Waals surface area contributed by atoms with Gasteiger partial charge >= 0.3 is 6.03 Å². The van der Waals surface area contributed by atoms with Crippen LogP contribution in [0.1, 0.15) is 43.2 Å². The van der Waals surface area contributed by atoms with Crippen LogP contribution in [-0.2, 0) is 22.9 Å². The molecule has 27 heavy (non-hydrogen) atoms. The number of nitrogens with one attached hydrogen (secondary N) is 1. The van der Waals surface area contributed by atoms with Crippen molar-refractivity contribution < 1.29 is 13.2 Å². The van der Waals surface area contributed by atoms with E-state index in [0.717, 1.165) is 44.9 Å². The van der Waals surface area contributed by atoms with Crippen molar-refractivity contribution in [1.29, 1.82) is 0 Å². The van der Waals surface area contributed by atoms with Crippen LogP contribution in [0.2, 0.25) is 0 Å². The van der Waals surface area contributed by atoms with E-state index >= 15 is 0 Å². The number of aryl methyl sites for hydroxylation is 2. The van der Waals surface area contributed by atoms with Crippen molar-refractivity contribution in [2.24, 2.45) is 0 Å². The molecule has 6 nitrogen and oxygen atoms in total. The number of amides is 2. The van der Waals surface area contributed by atoms with Crippen LogP contribution in [0.25, 0.3) is 0 Å². The van der Waals surface area contributed by atoms with Crippen LogP contribution in [0.15, 0.2) is 24.3 Å². The van der Waals surface area contributed by atoms with Crippen LogP contribution in [0.5, 0.6) is 0 Å². The molecule has 0 radical (unpaired) electrons. The minimum atomic E-state index is -3.06. The number of sulfonamides is 1. The number of carbonyl (C=O) groups is 1. The predicted octanol–water partition coefficient (Wildman–Crippen LogP) is 2.14. The number of likely N-dealkylation sites (tertiary alicyclic amines) is 1. The van der Waals surface area contributed by atoms with Crippen molar-refractivity contribution in [3.05, 3.63) is 35.4 Å². The third-order valence-corrected chi connectivity index (χ3v) is 8.27. The summed E-state index contributed by atoms with van der Waals surface area (Å²) in [5.41, 5.74) is 2.81. The summed E-state index contributed by atoms with van der Waals surface area (Å²) in [7, 11) is -3.06. The van der Waals surface area contributed by atoms with Crippen LogP contribution in [0, 0.1) is 0 Å². The third-order valence-electron chi connectivity index (χ3n) is 6.27. The molecule has 2 saturated heterocycles. The molecule has 1 N–H and O–H groups in total. The average molecular weight is 392 g/mol. The summed E-state index contributed by atoms with van der Waals surface area (Å²) < 4.78 is 25.9. The Bertz CT molecular complexity index is 760. The van der Waals surface area contributed by atoms with Crippen LogP contribution in [-0.4, -0.2) is 61.1 Å². The summed E-state index contributed by atoms with van der Waals surface area (Å²) in [6.45, 7) is 1.91. The van der Waals surface area contributed by atoms with E-state index in [1.165, 1.54) is 11.1 Å². The van der Waals surface area contributed by atoms with Gasteiger partial charge in [0.25, 0.3) is 0 Å². The van der Waals surface area contributed by atoms with E-state index < -0.39 is 10.0 Å². The molecule has 2 heterocycles. The van der Waals surface area contributed by atoms with Gasteiger partial charge in [0.2, 0.25) is 10.0 Å². The van der Waals surface area contributed by atoms with Gasteiger partial charge in [-0.2, -0.15) is 4.31 Å². The number of hydrogen-bond acceptors (Lipinski definition) is 3. The highest BCUT2D eigenvalue weighted by atomic mass is 32.2. The maximum atomic E-state index is 12.7. The van der Waals surface area contributed by atoms with Gasteiger partial charge in [-0.1, -0.05) is 24.3 Å². The minimum absolute atomic E-state index is 0.00804. The number of fused-ring (bicyclic) bond motifs is 1. The molecule has 2 aliphatic heterocycles. The molecule has 0 aromatic heterocycles. The molecule has 0 unspecified atom stereocenters. The quantitative estimate of drug-likeness (QED) is 0.786. The van der Waals surface area contributed by atoms with E-state index in [1.54, 1.807) is 4.31 Å². The van der Waals surface area contributed by atoms with E-state index in [4.69, 9.17) is 0 Å². The molecule has 1 aromatic carbocycles. The van der Waals surface area contributed by atoms with Crippen LogP contribution < -0.4 is 5.32 Å². The first-order valence-electron chi connectivity index (χ1n) is 10.1. The first-order valence-corrected chi connectivity index (χ1v) is 11.8. The molecule has 4 rings (SSSR count). The second kappa shape index (κ2) is 7.80. The Balaban J connectivity index is 1.28. The number of carbonyl (C=O) groups excluding carboxylic acids is 1. The molecule has 148 valence electrons. The molecule has 3 aliphatic rings. The molecule has 1 aliphatic carbocycles. The minimum Gasteiger partial charge on any atom is -0.335 e. The van der Waals surface area contributed by atoms with Gasteiger partial charge in [0.05, 0.1) is 5.75 Å². The fraction of sp³-hybridized carbons (Fsp3) is 0.650. The summed E-state index contributed by atoms with van der Waals surface area (Å²) in [4.78, 5) is 14.5. The smallest absolute Gasteiger partial charge is 0.317 e. The van der Waals surface area contributed by atoms with Gasteiger partial charge in [0.15, 0.2) is 0 Å². The molecule has 0 bridgehead atoms. The van der Waals surface area contributed by atoms with Crippen LogP contribution in [0.3, 0.4) is 0 Å². The van der Waals surface area contributed by atoms with Crippen LogP contribution >= 0.6 is 0 Å². The summed E-state index contributed by atoms with van der Waals surface area (Å²) >= 11 is 0. The highest BCUT2D eigenvalue weighted by Gasteiger charge is 2.36. The standard InChI is InChI=1S/C20H29N3O3S/c24-20(21-18-8-6-16-4-1-2-5-17(16)7-9-18)22-13-10-19(11-14-22)23-12-3-15-27(23,25)26/h1-2,4-5,18-19H,3,6-15H2,(H,21,24). The molecule has 2 fully saturated rings. The van der Waals surface area contributed by atoms with E-state index in [1.807, 2.05) is 4.90 Å². The molecule has 7 heteroatoms. The Morgan fingerprint density at radius 2 is 1.59 bits per heavy atom. The van der Waals surface area contributed by atoms with Crippen molar-refractivity contribution in [2.45, 2.75) is 57.0 Å². The average Bonchev–Trinajstić information content (AvgIpc) is 2.90.